The fourth-order valence-corrected chi connectivity index (χ4v) is 1.68. The highest BCUT2D eigenvalue weighted by Crippen LogP contribution is 2.21. The molecule has 0 unspecified atom stereocenters. The fraction of sp³-hybridized carbons (Fsp3) is 0.200. The molecule has 0 aromatic carbocycles. The number of nitrogen functional groups attached to an aromatic ring is 1. The summed E-state index contributed by atoms with van der Waals surface area (Å²) < 4.78 is 0. The molecule has 0 aliphatic heterocycles. The Morgan fingerprint density at radius 1 is 1.47 bits per heavy atom. The molecule has 0 aliphatic carbocycles. The monoisotopic (exact) mass is 266 g/mol. The summed E-state index contributed by atoms with van der Waals surface area (Å²) in [4.78, 5) is 11.1. The number of rotatable bonds is 3. The minimum atomic E-state index is 0.514. The average Bonchev–Trinajstić information content (AvgIpc) is 2.63. The smallest absolute Gasteiger partial charge is 0.143 e. The molecule has 2 heterocycles. The van der Waals surface area contributed by atoms with Crippen LogP contribution in [0.4, 0.5) is 5.82 Å². The molecule has 78 valence electrons. The zero-order valence-corrected chi connectivity index (χ0v) is 9.66. The summed E-state index contributed by atoms with van der Waals surface area (Å²) >= 11 is 3.37. The van der Waals surface area contributed by atoms with Crippen LogP contribution >= 0.6 is 15.9 Å². The molecule has 3 N–H and O–H groups in total. The second-order valence-electron chi connectivity index (χ2n) is 3.11. The lowest BCUT2D eigenvalue weighted by Crippen LogP contribution is -1.92. The lowest BCUT2D eigenvalue weighted by atomic mass is 10.2. The van der Waals surface area contributed by atoms with Crippen LogP contribution in [0.5, 0.6) is 0 Å². The number of halogens is 1. The first-order valence-corrected chi connectivity index (χ1v) is 5.75. The first kappa shape index (κ1) is 10.2. The number of nitrogens with zero attached hydrogens (tertiary/aromatic N) is 2. The van der Waals surface area contributed by atoms with Crippen molar-refractivity contribution < 1.29 is 0 Å². The molecule has 0 radical (unpaired) electrons. The van der Waals surface area contributed by atoms with Crippen molar-refractivity contribution in [3.63, 3.8) is 0 Å². The van der Waals surface area contributed by atoms with Gasteiger partial charge in [-0.2, -0.15) is 0 Å². The molecule has 0 aliphatic rings. The van der Waals surface area contributed by atoms with E-state index in [9.17, 15) is 0 Å². The normalized spacial score (nSPS) is 11.5. The number of anilines is 1. The SMILES string of the molecule is Nc1ncnc2[nH]cc(C=CCCBr)c12. The number of fused-ring (bicyclic) bond motifs is 1. The summed E-state index contributed by atoms with van der Waals surface area (Å²) in [7, 11) is 0. The topological polar surface area (TPSA) is 67.6 Å². The number of nitrogens with one attached hydrogen (secondary N) is 1. The van der Waals surface area contributed by atoms with Gasteiger partial charge in [-0.25, -0.2) is 9.97 Å². The van der Waals surface area contributed by atoms with Crippen LogP contribution in [-0.2, 0) is 0 Å². The molecule has 0 saturated carbocycles. The molecule has 0 spiro atoms. The Morgan fingerprint density at radius 3 is 3.13 bits per heavy atom. The van der Waals surface area contributed by atoms with Gasteiger partial charge in [-0.3, -0.25) is 0 Å². The highest BCUT2D eigenvalue weighted by Gasteiger charge is 2.05. The van der Waals surface area contributed by atoms with Crippen molar-refractivity contribution >= 4 is 38.9 Å². The van der Waals surface area contributed by atoms with Crippen LogP contribution in [-0.4, -0.2) is 20.3 Å². The Morgan fingerprint density at radius 2 is 2.33 bits per heavy atom. The van der Waals surface area contributed by atoms with Crippen LogP contribution in [0.1, 0.15) is 12.0 Å². The lowest BCUT2D eigenvalue weighted by Gasteiger charge is -1.95. The van der Waals surface area contributed by atoms with Crippen molar-refractivity contribution in [2.45, 2.75) is 6.42 Å². The second kappa shape index (κ2) is 4.44. The van der Waals surface area contributed by atoms with Gasteiger partial charge >= 0.3 is 0 Å². The molecule has 2 aromatic heterocycles. The predicted molar refractivity (Wildman–Crippen MR) is 65.7 cm³/mol. The summed E-state index contributed by atoms with van der Waals surface area (Å²) in [6.45, 7) is 0. The summed E-state index contributed by atoms with van der Waals surface area (Å²) in [5.74, 6) is 0.514. The Kier molecular flexibility index (Phi) is 3.01. The standard InChI is InChI=1S/C10H11BrN4/c11-4-2-1-3-7-5-13-10-8(7)9(12)14-6-15-10/h1,3,5-6H,2,4H2,(H3,12,13,14,15). The van der Waals surface area contributed by atoms with E-state index in [4.69, 9.17) is 5.73 Å². The molecule has 4 nitrogen and oxygen atoms in total. The lowest BCUT2D eigenvalue weighted by molar-refractivity contribution is 1.21. The van der Waals surface area contributed by atoms with E-state index in [-0.39, 0.29) is 0 Å². The van der Waals surface area contributed by atoms with E-state index in [0.717, 1.165) is 28.3 Å². The maximum absolute atomic E-state index is 5.79. The molecular weight excluding hydrogens is 256 g/mol. The van der Waals surface area contributed by atoms with Gasteiger partial charge in [0.15, 0.2) is 0 Å². The Hall–Kier alpha value is -1.36. The number of aromatic nitrogens is 3. The van der Waals surface area contributed by atoms with Gasteiger partial charge < -0.3 is 10.7 Å². The van der Waals surface area contributed by atoms with Crippen molar-refractivity contribution in [1.29, 1.82) is 0 Å². The van der Waals surface area contributed by atoms with E-state index in [1.165, 1.54) is 6.33 Å². The third kappa shape index (κ3) is 2.02. The van der Waals surface area contributed by atoms with Crippen molar-refractivity contribution in [3.8, 4) is 0 Å². The summed E-state index contributed by atoms with van der Waals surface area (Å²) in [6, 6.07) is 0. The van der Waals surface area contributed by atoms with Gasteiger partial charge in [-0.05, 0) is 6.42 Å². The summed E-state index contributed by atoms with van der Waals surface area (Å²) in [5, 5.41) is 1.85. The number of hydrogen-bond acceptors (Lipinski definition) is 3. The quantitative estimate of drug-likeness (QED) is 0.839. The van der Waals surface area contributed by atoms with Gasteiger partial charge in [0.25, 0.3) is 0 Å². The average molecular weight is 267 g/mol. The van der Waals surface area contributed by atoms with Gasteiger partial charge in [0.1, 0.15) is 17.8 Å². The number of alkyl halides is 1. The Balaban J connectivity index is 2.44. The van der Waals surface area contributed by atoms with Gasteiger partial charge in [-0.15, -0.1) is 0 Å². The maximum Gasteiger partial charge on any atom is 0.143 e. The largest absolute Gasteiger partial charge is 0.383 e. The van der Waals surface area contributed by atoms with E-state index in [1.807, 2.05) is 12.3 Å². The molecule has 5 heteroatoms. The third-order valence-electron chi connectivity index (χ3n) is 2.10. The van der Waals surface area contributed by atoms with Crippen molar-refractivity contribution in [3.05, 3.63) is 24.2 Å². The zero-order valence-electron chi connectivity index (χ0n) is 8.07. The number of aromatic amines is 1. The Bertz CT molecular complexity index is 489. The van der Waals surface area contributed by atoms with Crippen molar-refractivity contribution in [1.82, 2.24) is 15.0 Å². The Labute approximate surface area is 95.7 Å². The van der Waals surface area contributed by atoms with Crippen molar-refractivity contribution in [2.75, 3.05) is 11.1 Å². The highest BCUT2D eigenvalue weighted by atomic mass is 79.9. The molecule has 0 atom stereocenters. The summed E-state index contributed by atoms with van der Waals surface area (Å²) in [6.07, 6.45) is 8.45. The maximum atomic E-state index is 5.79. The van der Waals surface area contributed by atoms with Crippen LogP contribution in [0, 0.1) is 0 Å². The first-order valence-electron chi connectivity index (χ1n) is 4.63. The highest BCUT2D eigenvalue weighted by molar-refractivity contribution is 9.09. The van der Waals surface area contributed by atoms with E-state index < -0.39 is 0 Å². The van der Waals surface area contributed by atoms with E-state index in [1.54, 1.807) is 0 Å². The minimum Gasteiger partial charge on any atom is -0.383 e. The van der Waals surface area contributed by atoms with Crippen molar-refractivity contribution in [2.24, 2.45) is 0 Å². The van der Waals surface area contributed by atoms with Gasteiger partial charge in [0.2, 0.25) is 0 Å². The molecular formula is C10H11BrN4. The zero-order chi connectivity index (χ0) is 10.7. The molecule has 0 saturated heterocycles. The van der Waals surface area contributed by atoms with Crippen LogP contribution in [0.15, 0.2) is 18.6 Å². The van der Waals surface area contributed by atoms with Crippen LogP contribution in [0.3, 0.4) is 0 Å². The van der Waals surface area contributed by atoms with Gasteiger partial charge in [0.05, 0.1) is 5.39 Å². The minimum absolute atomic E-state index is 0.514. The second-order valence-corrected chi connectivity index (χ2v) is 3.90. The first-order chi connectivity index (χ1) is 7.33. The fourth-order valence-electron chi connectivity index (χ4n) is 1.42. The summed E-state index contributed by atoms with van der Waals surface area (Å²) in [5.41, 5.74) is 7.60. The number of hydrogen-bond donors (Lipinski definition) is 2. The van der Waals surface area contributed by atoms with E-state index in [0.29, 0.717) is 5.82 Å². The third-order valence-corrected chi connectivity index (χ3v) is 2.56. The van der Waals surface area contributed by atoms with E-state index >= 15 is 0 Å². The van der Waals surface area contributed by atoms with Crippen LogP contribution < -0.4 is 5.73 Å². The molecule has 0 fully saturated rings. The molecule has 15 heavy (non-hydrogen) atoms. The molecule has 2 rings (SSSR count). The number of H-pyrrole nitrogens is 1. The number of nitrogens with two attached hydrogens (primary N) is 1. The van der Waals surface area contributed by atoms with Gasteiger partial charge in [-0.1, -0.05) is 28.1 Å². The predicted octanol–water partition coefficient (Wildman–Crippen LogP) is 2.34. The van der Waals surface area contributed by atoms with E-state index in [2.05, 4.69) is 37.0 Å². The number of allylic oxidation sites excluding steroid dienone is 1. The molecule has 2 aromatic rings. The van der Waals surface area contributed by atoms with Crippen LogP contribution in [0.25, 0.3) is 17.1 Å². The molecule has 0 amide bonds. The van der Waals surface area contributed by atoms with Gasteiger partial charge in [0, 0.05) is 17.1 Å². The van der Waals surface area contributed by atoms with Crippen LogP contribution in [0.2, 0.25) is 0 Å². The molecule has 0 bridgehead atoms.